The van der Waals surface area contributed by atoms with E-state index in [1.165, 1.54) is 7.11 Å². The Morgan fingerprint density at radius 3 is 2.00 bits per heavy atom. The predicted octanol–water partition coefficient (Wildman–Crippen LogP) is 3.29. The van der Waals surface area contributed by atoms with Crippen molar-refractivity contribution in [1.29, 1.82) is 0 Å². The average molecular weight is 428 g/mol. The van der Waals surface area contributed by atoms with Gasteiger partial charge >= 0.3 is 18.1 Å². The summed E-state index contributed by atoms with van der Waals surface area (Å²) in [4.78, 5) is 37.1. The summed E-state index contributed by atoms with van der Waals surface area (Å²) < 4.78 is 10.1. The van der Waals surface area contributed by atoms with Gasteiger partial charge in [-0.2, -0.15) is 0 Å². The topological polar surface area (TPSA) is 106 Å². The number of urea groups is 1. The molecule has 0 spiro atoms. The molecule has 8 heteroatoms. The lowest BCUT2D eigenvalue weighted by molar-refractivity contribution is -0.142. The van der Waals surface area contributed by atoms with Crippen LogP contribution in [0.5, 0.6) is 0 Å². The Labute approximate surface area is 182 Å². The molecule has 0 unspecified atom stereocenters. The number of hydrogen-bond acceptors (Lipinski definition) is 5. The molecule has 0 aliphatic rings. The smallest absolute Gasteiger partial charge is 0.409 e. The SMILES string of the molecule is COC(=O)[C@H](Cc1ccccc1)NC(=O)N[C@@H](NC(=O)OC(C)(C)C)c1ccccc1. The highest BCUT2D eigenvalue weighted by atomic mass is 16.6. The molecular formula is C23H29N3O5. The highest BCUT2D eigenvalue weighted by Gasteiger charge is 2.25. The van der Waals surface area contributed by atoms with Crippen molar-refractivity contribution in [3.8, 4) is 0 Å². The summed E-state index contributed by atoms with van der Waals surface area (Å²) in [6.45, 7) is 5.23. The van der Waals surface area contributed by atoms with Gasteiger partial charge in [-0.15, -0.1) is 0 Å². The zero-order valence-corrected chi connectivity index (χ0v) is 18.2. The summed E-state index contributed by atoms with van der Waals surface area (Å²) in [6.07, 6.45) is -1.29. The van der Waals surface area contributed by atoms with Gasteiger partial charge in [0.05, 0.1) is 7.11 Å². The van der Waals surface area contributed by atoms with Crippen molar-refractivity contribution < 1.29 is 23.9 Å². The van der Waals surface area contributed by atoms with E-state index >= 15 is 0 Å². The van der Waals surface area contributed by atoms with Crippen molar-refractivity contribution in [3.63, 3.8) is 0 Å². The van der Waals surface area contributed by atoms with Crippen molar-refractivity contribution in [1.82, 2.24) is 16.0 Å². The maximum Gasteiger partial charge on any atom is 0.409 e. The quantitative estimate of drug-likeness (QED) is 0.464. The summed E-state index contributed by atoms with van der Waals surface area (Å²) in [6, 6.07) is 16.6. The molecule has 0 radical (unpaired) electrons. The molecule has 2 aromatic rings. The van der Waals surface area contributed by atoms with Gasteiger partial charge in [0.1, 0.15) is 17.8 Å². The minimum Gasteiger partial charge on any atom is -0.467 e. The van der Waals surface area contributed by atoms with Crippen LogP contribution in [0, 0.1) is 0 Å². The average Bonchev–Trinajstić information content (AvgIpc) is 2.72. The highest BCUT2D eigenvalue weighted by Crippen LogP contribution is 2.13. The summed E-state index contributed by atoms with van der Waals surface area (Å²) in [5, 5.41) is 7.93. The number of ether oxygens (including phenoxy) is 2. The zero-order valence-electron chi connectivity index (χ0n) is 18.2. The molecule has 166 valence electrons. The van der Waals surface area contributed by atoms with Crippen LogP contribution in [0.2, 0.25) is 0 Å². The summed E-state index contributed by atoms with van der Waals surface area (Å²) in [5.41, 5.74) is 0.810. The van der Waals surface area contributed by atoms with Crippen LogP contribution in [0.15, 0.2) is 60.7 Å². The van der Waals surface area contributed by atoms with Crippen LogP contribution in [0.25, 0.3) is 0 Å². The van der Waals surface area contributed by atoms with Crippen LogP contribution in [-0.2, 0) is 20.7 Å². The molecule has 0 fully saturated rings. The Hall–Kier alpha value is -3.55. The van der Waals surface area contributed by atoms with Crippen LogP contribution in [0.1, 0.15) is 38.1 Å². The van der Waals surface area contributed by atoms with Gasteiger partial charge in [0.25, 0.3) is 0 Å². The normalized spacial score (nSPS) is 12.8. The number of hydrogen-bond donors (Lipinski definition) is 3. The van der Waals surface area contributed by atoms with E-state index < -0.39 is 35.9 Å². The number of rotatable bonds is 7. The Bertz CT molecular complexity index is 866. The zero-order chi connectivity index (χ0) is 22.9. The lowest BCUT2D eigenvalue weighted by Gasteiger charge is -2.25. The second-order valence-electron chi connectivity index (χ2n) is 7.87. The minimum absolute atomic E-state index is 0.260. The lowest BCUT2D eigenvalue weighted by Crippen LogP contribution is -2.51. The fraction of sp³-hybridized carbons (Fsp3) is 0.348. The number of carbonyl (C=O) groups excluding carboxylic acids is 3. The van der Waals surface area contributed by atoms with E-state index in [1.807, 2.05) is 36.4 Å². The number of esters is 1. The number of methoxy groups -OCH3 is 1. The van der Waals surface area contributed by atoms with Crippen molar-refractivity contribution in [2.75, 3.05) is 7.11 Å². The highest BCUT2D eigenvalue weighted by molar-refractivity contribution is 5.84. The summed E-state index contributed by atoms with van der Waals surface area (Å²) >= 11 is 0. The van der Waals surface area contributed by atoms with E-state index in [0.717, 1.165) is 5.56 Å². The molecule has 0 aromatic heterocycles. The van der Waals surface area contributed by atoms with Crippen LogP contribution >= 0.6 is 0 Å². The molecule has 0 heterocycles. The minimum atomic E-state index is -0.898. The number of benzene rings is 2. The largest absolute Gasteiger partial charge is 0.467 e. The van der Waals surface area contributed by atoms with E-state index in [9.17, 15) is 14.4 Å². The Kier molecular flexibility index (Phi) is 8.43. The van der Waals surface area contributed by atoms with Gasteiger partial charge in [-0.05, 0) is 31.9 Å². The van der Waals surface area contributed by atoms with Crippen LogP contribution in [0.3, 0.4) is 0 Å². The molecule has 2 atom stereocenters. The lowest BCUT2D eigenvalue weighted by atomic mass is 10.1. The standard InChI is InChI=1S/C23H29N3O5/c1-23(2,3)31-22(29)26-19(17-13-9-6-10-14-17)25-21(28)24-18(20(27)30-4)15-16-11-7-5-8-12-16/h5-14,18-19H,15H2,1-4H3,(H,26,29)(H2,24,25,28)/t18-,19-/m0/s1. The van der Waals surface area contributed by atoms with Gasteiger partial charge in [0, 0.05) is 6.42 Å². The van der Waals surface area contributed by atoms with E-state index in [-0.39, 0.29) is 6.42 Å². The fourth-order valence-corrected chi connectivity index (χ4v) is 2.79. The monoisotopic (exact) mass is 427 g/mol. The van der Waals surface area contributed by atoms with Gasteiger partial charge in [-0.1, -0.05) is 60.7 Å². The van der Waals surface area contributed by atoms with Crippen molar-refractivity contribution in [3.05, 3.63) is 71.8 Å². The number of nitrogens with one attached hydrogen (secondary N) is 3. The third-order valence-corrected chi connectivity index (χ3v) is 4.14. The van der Waals surface area contributed by atoms with Crippen molar-refractivity contribution >= 4 is 18.1 Å². The Morgan fingerprint density at radius 1 is 0.871 bits per heavy atom. The first kappa shape index (κ1) is 23.7. The molecule has 0 aliphatic heterocycles. The van der Waals surface area contributed by atoms with Gasteiger partial charge in [0.2, 0.25) is 0 Å². The van der Waals surface area contributed by atoms with Crippen LogP contribution in [0.4, 0.5) is 9.59 Å². The Morgan fingerprint density at radius 2 is 1.45 bits per heavy atom. The van der Waals surface area contributed by atoms with Crippen molar-refractivity contribution in [2.24, 2.45) is 0 Å². The maximum absolute atomic E-state index is 12.7. The van der Waals surface area contributed by atoms with Gasteiger partial charge in [0.15, 0.2) is 0 Å². The molecule has 0 bridgehead atoms. The van der Waals surface area contributed by atoms with E-state index in [1.54, 1.807) is 45.0 Å². The van der Waals surface area contributed by atoms with Gasteiger partial charge < -0.3 is 20.1 Å². The molecule has 0 saturated heterocycles. The molecule has 3 amide bonds. The Balaban J connectivity index is 2.11. The molecule has 0 aliphatic carbocycles. The molecule has 2 rings (SSSR count). The molecular weight excluding hydrogens is 398 g/mol. The van der Waals surface area contributed by atoms with Gasteiger partial charge in [-0.3, -0.25) is 5.32 Å². The van der Waals surface area contributed by atoms with Crippen LogP contribution in [-0.4, -0.2) is 36.8 Å². The third kappa shape index (κ3) is 8.38. The van der Waals surface area contributed by atoms with E-state index in [4.69, 9.17) is 9.47 Å². The first-order chi connectivity index (χ1) is 14.7. The predicted molar refractivity (Wildman–Crippen MR) is 116 cm³/mol. The maximum atomic E-state index is 12.7. The number of amides is 3. The second kappa shape index (κ2) is 11.0. The first-order valence-electron chi connectivity index (χ1n) is 9.91. The number of alkyl carbamates (subject to hydrolysis) is 1. The third-order valence-electron chi connectivity index (χ3n) is 4.14. The van der Waals surface area contributed by atoms with E-state index in [0.29, 0.717) is 5.56 Å². The molecule has 0 saturated carbocycles. The fourth-order valence-electron chi connectivity index (χ4n) is 2.79. The first-order valence-corrected chi connectivity index (χ1v) is 9.91. The van der Waals surface area contributed by atoms with Gasteiger partial charge in [-0.25, -0.2) is 14.4 Å². The van der Waals surface area contributed by atoms with Crippen molar-refractivity contribution in [2.45, 2.75) is 45.0 Å². The molecule has 8 nitrogen and oxygen atoms in total. The molecule has 31 heavy (non-hydrogen) atoms. The van der Waals surface area contributed by atoms with E-state index in [2.05, 4.69) is 16.0 Å². The molecule has 3 N–H and O–H groups in total. The van der Waals surface area contributed by atoms with Crippen LogP contribution < -0.4 is 16.0 Å². The summed E-state index contributed by atoms with van der Waals surface area (Å²) in [7, 11) is 1.26. The second-order valence-corrected chi connectivity index (χ2v) is 7.87. The summed E-state index contributed by atoms with van der Waals surface area (Å²) in [5.74, 6) is -0.574. The number of carbonyl (C=O) groups is 3. The molecule has 2 aromatic carbocycles.